The number of rotatable bonds is 5. The van der Waals surface area contributed by atoms with Gasteiger partial charge in [0.2, 0.25) is 0 Å². The molecule has 0 heterocycles. The van der Waals surface area contributed by atoms with Gasteiger partial charge in [-0.15, -0.1) is 0 Å². The number of aliphatic hydroxyl groups is 1. The molecule has 2 N–H and O–H groups in total. The lowest BCUT2D eigenvalue weighted by molar-refractivity contribution is 0.148. The van der Waals surface area contributed by atoms with Crippen LogP contribution < -0.4 is 14.8 Å². The molecule has 0 bridgehead atoms. The standard InChI is InChI=1S/C14H21NO3/c1-17-11-7-6-10(14(8-11)18-2)9-15-12-4-3-5-13(12)16/h6-8,12-13,15-16H,3-5,9H2,1-2H3/t12-,13-/m0/s1. The van der Waals surface area contributed by atoms with Gasteiger partial charge in [-0.2, -0.15) is 0 Å². The van der Waals surface area contributed by atoms with Crippen molar-refractivity contribution in [3.05, 3.63) is 23.8 Å². The first kappa shape index (κ1) is 13.2. The minimum Gasteiger partial charge on any atom is -0.497 e. The smallest absolute Gasteiger partial charge is 0.127 e. The van der Waals surface area contributed by atoms with E-state index in [1.54, 1.807) is 14.2 Å². The summed E-state index contributed by atoms with van der Waals surface area (Å²) in [6.07, 6.45) is 2.82. The molecule has 1 aromatic carbocycles. The number of ether oxygens (including phenoxy) is 2. The SMILES string of the molecule is COc1ccc(CN[C@H]2CCC[C@@H]2O)c(OC)c1. The van der Waals surface area contributed by atoms with Crippen LogP contribution in [0.5, 0.6) is 11.5 Å². The van der Waals surface area contributed by atoms with Gasteiger partial charge in [-0.25, -0.2) is 0 Å². The maximum absolute atomic E-state index is 9.76. The average molecular weight is 251 g/mol. The monoisotopic (exact) mass is 251 g/mol. The third kappa shape index (κ3) is 2.94. The van der Waals surface area contributed by atoms with E-state index in [2.05, 4.69) is 5.32 Å². The molecule has 18 heavy (non-hydrogen) atoms. The molecule has 2 atom stereocenters. The van der Waals surface area contributed by atoms with E-state index in [4.69, 9.17) is 9.47 Å². The molecule has 4 nitrogen and oxygen atoms in total. The van der Waals surface area contributed by atoms with Crippen LogP contribution in [0, 0.1) is 0 Å². The number of hydrogen-bond donors (Lipinski definition) is 2. The van der Waals surface area contributed by atoms with Gasteiger partial charge in [-0.3, -0.25) is 0 Å². The molecule has 1 aliphatic rings. The van der Waals surface area contributed by atoms with Crippen LogP contribution in [0.15, 0.2) is 18.2 Å². The largest absolute Gasteiger partial charge is 0.497 e. The topological polar surface area (TPSA) is 50.7 Å². The molecule has 100 valence electrons. The van der Waals surface area contributed by atoms with Gasteiger partial charge >= 0.3 is 0 Å². The third-order valence-corrected chi connectivity index (χ3v) is 3.53. The lowest BCUT2D eigenvalue weighted by Gasteiger charge is -2.17. The van der Waals surface area contributed by atoms with Gasteiger partial charge in [0, 0.05) is 24.2 Å². The van der Waals surface area contributed by atoms with Gasteiger partial charge in [0.15, 0.2) is 0 Å². The summed E-state index contributed by atoms with van der Waals surface area (Å²) in [5.41, 5.74) is 1.08. The van der Waals surface area contributed by atoms with Crippen LogP contribution in [0.3, 0.4) is 0 Å². The third-order valence-electron chi connectivity index (χ3n) is 3.53. The predicted octanol–water partition coefficient (Wildman–Crippen LogP) is 1.71. The first-order valence-electron chi connectivity index (χ1n) is 6.37. The van der Waals surface area contributed by atoms with Gasteiger partial charge in [0.05, 0.1) is 20.3 Å². The Morgan fingerprint density at radius 3 is 2.72 bits per heavy atom. The molecule has 0 amide bonds. The van der Waals surface area contributed by atoms with Crippen LogP contribution in [0.25, 0.3) is 0 Å². The van der Waals surface area contributed by atoms with Crippen molar-refractivity contribution in [3.63, 3.8) is 0 Å². The second-order valence-corrected chi connectivity index (χ2v) is 4.66. The second kappa shape index (κ2) is 6.07. The zero-order chi connectivity index (χ0) is 13.0. The lowest BCUT2D eigenvalue weighted by atomic mass is 10.1. The van der Waals surface area contributed by atoms with Crippen LogP contribution in [0.2, 0.25) is 0 Å². The molecule has 0 aromatic heterocycles. The van der Waals surface area contributed by atoms with E-state index in [9.17, 15) is 5.11 Å². The number of hydrogen-bond acceptors (Lipinski definition) is 4. The Balaban J connectivity index is 2.00. The Bertz CT molecular complexity index is 395. The highest BCUT2D eigenvalue weighted by Gasteiger charge is 2.24. The van der Waals surface area contributed by atoms with Gasteiger partial charge in [0.25, 0.3) is 0 Å². The average Bonchev–Trinajstić information content (AvgIpc) is 2.81. The number of nitrogens with one attached hydrogen (secondary N) is 1. The molecule has 1 saturated carbocycles. The van der Waals surface area contributed by atoms with E-state index in [0.29, 0.717) is 6.54 Å². The molecule has 0 saturated heterocycles. The number of benzene rings is 1. The molecule has 0 spiro atoms. The van der Waals surface area contributed by atoms with Gasteiger partial charge in [-0.05, 0) is 25.3 Å². The van der Waals surface area contributed by atoms with Gasteiger partial charge < -0.3 is 19.9 Å². The Hall–Kier alpha value is -1.26. The fraction of sp³-hybridized carbons (Fsp3) is 0.571. The molecule has 1 aromatic rings. The van der Waals surface area contributed by atoms with E-state index in [1.807, 2.05) is 18.2 Å². The quantitative estimate of drug-likeness (QED) is 0.836. The summed E-state index contributed by atoms with van der Waals surface area (Å²) < 4.78 is 10.5. The molecule has 0 unspecified atom stereocenters. The fourth-order valence-corrected chi connectivity index (χ4v) is 2.42. The summed E-state index contributed by atoms with van der Waals surface area (Å²) >= 11 is 0. The van der Waals surface area contributed by atoms with Crippen molar-refractivity contribution in [3.8, 4) is 11.5 Å². The molecule has 1 fully saturated rings. The van der Waals surface area contributed by atoms with Crippen molar-refractivity contribution >= 4 is 0 Å². The van der Waals surface area contributed by atoms with Crippen LogP contribution in [0.1, 0.15) is 24.8 Å². The molecule has 1 aliphatic carbocycles. The predicted molar refractivity (Wildman–Crippen MR) is 70.0 cm³/mol. The van der Waals surface area contributed by atoms with E-state index in [0.717, 1.165) is 36.3 Å². The summed E-state index contributed by atoms with van der Waals surface area (Å²) in [5, 5.41) is 13.2. The van der Waals surface area contributed by atoms with Gasteiger partial charge in [-0.1, -0.05) is 6.07 Å². The minimum absolute atomic E-state index is 0.205. The van der Waals surface area contributed by atoms with Crippen LogP contribution >= 0.6 is 0 Å². The normalized spacial score (nSPS) is 23.1. The van der Waals surface area contributed by atoms with Crippen molar-refractivity contribution in [1.29, 1.82) is 0 Å². The lowest BCUT2D eigenvalue weighted by Crippen LogP contribution is -2.35. The number of aliphatic hydroxyl groups excluding tert-OH is 1. The van der Waals surface area contributed by atoms with E-state index < -0.39 is 0 Å². The molecule has 4 heteroatoms. The summed E-state index contributed by atoms with van der Waals surface area (Å²) in [6.45, 7) is 0.703. The maximum atomic E-state index is 9.76. The van der Waals surface area contributed by atoms with Gasteiger partial charge in [0.1, 0.15) is 11.5 Å². The zero-order valence-corrected chi connectivity index (χ0v) is 11.0. The van der Waals surface area contributed by atoms with E-state index >= 15 is 0 Å². The highest BCUT2D eigenvalue weighted by Crippen LogP contribution is 2.25. The van der Waals surface area contributed by atoms with E-state index in [1.165, 1.54) is 0 Å². The number of methoxy groups -OCH3 is 2. The highest BCUT2D eigenvalue weighted by molar-refractivity contribution is 5.40. The van der Waals surface area contributed by atoms with Crippen LogP contribution in [-0.2, 0) is 6.54 Å². The van der Waals surface area contributed by atoms with Crippen LogP contribution in [-0.4, -0.2) is 31.5 Å². The Morgan fingerprint density at radius 2 is 2.11 bits per heavy atom. The Labute approximate surface area is 108 Å². The van der Waals surface area contributed by atoms with Crippen molar-refractivity contribution in [2.75, 3.05) is 14.2 Å². The summed E-state index contributed by atoms with van der Waals surface area (Å²) in [6, 6.07) is 6.00. The summed E-state index contributed by atoms with van der Waals surface area (Å²) in [5.74, 6) is 1.60. The Kier molecular flexibility index (Phi) is 4.44. The summed E-state index contributed by atoms with van der Waals surface area (Å²) in [4.78, 5) is 0. The first-order valence-corrected chi connectivity index (χ1v) is 6.37. The molecular formula is C14H21NO3. The molecule has 0 radical (unpaired) electrons. The zero-order valence-electron chi connectivity index (χ0n) is 11.0. The van der Waals surface area contributed by atoms with Crippen molar-refractivity contribution in [1.82, 2.24) is 5.32 Å². The fourth-order valence-electron chi connectivity index (χ4n) is 2.42. The van der Waals surface area contributed by atoms with Crippen molar-refractivity contribution in [2.24, 2.45) is 0 Å². The van der Waals surface area contributed by atoms with Crippen molar-refractivity contribution < 1.29 is 14.6 Å². The molecule has 2 rings (SSSR count). The van der Waals surface area contributed by atoms with Crippen LogP contribution in [0.4, 0.5) is 0 Å². The molecular weight excluding hydrogens is 230 g/mol. The van der Waals surface area contributed by atoms with Crippen molar-refractivity contribution in [2.45, 2.75) is 38.0 Å². The maximum Gasteiger partial charge on any atom is 0.127 e. The van der Waals surface area contributed by atoms with E-state index in [-0.39, 0.29) is 12.1 Å². The Morgan fingerprint density at radius 1 is 1.28 bits per heavy atom. The summed E-state index contributed by atoms with van der Waals surface area (Å²) in [7, 11) is 3.30. The first-order chi connectivity index (χ1) is 8.74. The highest BCUT2D eigenvalue weighted by atomic mass is 16.5. The minimum atomic E-state index is -0.214. The second-order valence-electron chi connectivity index (χ2n) is 4.66. The molecule has 0 aliphatic heterocycles.